The molecule has 0 amide bonds. The molecule has 0 bridgehead atoms. The molecule has 0 saturated heterocycles. The molecule has 3 rings (SSSR count). The van der Waals surface area contributed by atoms with Crippen LogP contribution in [-0.2, 0) is 0 Å². The molecular weight excluding hydrogens is 262 g/mol. The molecule has 2 heterocycles. The molecule has 0 radical (unpaired) electrons. The minimum absolute atomic E-state index is 0.333. The molecule has 0 aliphatic heterocycles. The molecule has 1 aliphatic carbocycles. The summed E-state index contributed by atoms with van der Waals surface area (Å²) >= 11 is 1.28. The molecule has 1 fully saturated rings. The Hall–Kier alpha value is -2.09. The van der Waals surface area contributed by atoms with Gasteiger partial charge in [-0.2, -0.15) is 0 Å². The van der Waals surface area contributed by atoms with Crippen molar-refractivity contribution in [3.05, 3.63) is 18.0 Å². The van der Waals surface area contributed by atoms with Crippen molar-refractivity contribution in [2.75, 3.05) is 17.2 Å². The quantitative estimate of drug-likeness (QED) is 0.559. The zero-order valence-corrected chi connectivity index (χ0v) is 10.9. The topological polar surface area (TPSA) is 130 Å². The predicted molar refractivity (Wildman–Crippen MR) is 73.4 cm³/mol. The third-order valence-electron chi connectivity index (χ3n) is 2.62. The molecule has 19 heavy (non-hydrogen) atoms. The van der Waals surface area contributed by atoms with Gasteiger partial charge in [-0.1, -0.05) is 0 Å². The van der Waals surface area contributed by atoms with Gasteiger partial charge >= 0.3 is 0 Å². The van der Waals surface area contributed by atoms with Crippen LogP contribution in [0.5, 0.6) is 0 Å². The number of nitrogens with two attached hydrogens (primary N) is 3. The van der Waals surface area contributed by atoms with Crippen LogP contribution in [0.15, 0.2) is 22.3 Å². The molecule has 6 N–H and O–H groups in total. The molecule has 1 saturated carbocycles. The largest absolute Gasteiger partial charge is 0.384 e. The van der Waals surface area contributed by atoms with Crippen LogP contribution in [0.1, 0.15) is 24.6 Å². The first kappa shape index (κ1) is 12.0. The highest BCUT2D eigenvalue weighted by Gasteiger charge is 2.27. The van der Waals surface area contributed by atoms with Crippen molar-refractivity contribution in [2.45, 2.75) is 28.9 Å². The first-order chi connectivity index (χ1) is 9.10. The number of nitrogens with zero attached hydrogens (tertiary/aromatic N) is 4. The standard InChI is InChI=1S/C11H13N7S/c12-6-3-7(13)17-11(16-6)19-9-4-8(14)15-10(18-9)5-1-2-5/h3-5H,1-2H2,(H2,14,15,18)(H4,12,13,16,17). The third kappa shape index (κ3) is 2.84. The van der Waals surface area contributed by atoms with E-state index in [0.717, 1.165) is 18.7 Å². The van der Waals surface area contributed by atoms with Crippen LogP contribution in [-0.4, -0.2) is 19.9 Å². The van der Waals surface area contributed by atoms with Crippen molar-refractivity contribution >= 4 is 29.2 Å². The number of aromatic nitrogens is 4. The second kappa shape index (κ2) is 4.54. The Labute approximate surface area is 114 Å². The summed E-state index contributed by atoms with van der Waals surface area (Å²) in [5, 5.41) is 1.16. The fraction of sp³-hybridized carbons (Fsp3) is 0.273. The second-order valence-corrected chi connectivity index (χ2v) is 5.35. The Morgan fingerprint density at radius 3 is 2.16 bits per heavy atom. The van der Waals surface area contributed by atoms with Crippen LogP contribution in [0, 0.1) is 0 Å². The summed E-state index contributed by atoms with van der Waals surface area (Å²) in [4.78, 5) is 16.9. The lowest BCUT2D eigenvalue weighted by Gasteiger charge is -2.05. The Morgan fingerprint density at radius 2 is 1.53 bits per heavy atom. The molecule has 0 aromatic carbocycles. The molecule has 2 aromatic rings. The van der Waals surface area contributed by atoms with Gasteiger partial charge in [0.2, 0.25) is 0 Å². The highest BCUT2D eigenvalue weighted by Crippen LogP contribution is 2.39. The minimum Gasteiger partial charge on any atom is -0.384 e. The Morgan fingerprint density at radius 1 is 0.895 bits per heavy atom. The summed E-state index contributed by atoms with van der Waals surface area (Å²) in [7, 11) is 0. The predicted octanol–water partition coefficient (Wildman–Crippen LogP) is 1.04. The van der Waals surface area contributed by atoms with Gasteiger partial charge in [-0.3, -0.25) is 0 Å². The van der Waals surface area contributed by atoms with E-state index in [1.54, 1.807) is 6.07 Å². The molecule has 2 aromatic heterocycles. The second-order valence-electron chi connectivity index (χ2n) is 4.37. The number of anilines is 3. The average Bonchev–Trinajstić information content (AvgIpc) is 3.09. The summed E-state index contributed by atoms with van der Waals surface area (Å²) < 4.78 is 0. The van der Waals surface area contributed by atoms with Crippen LogP contribution in [0.2, 0.25) is 0 Å². The molecule has 1 aliphatic rings. The molecule has 0 spiro atoms. The summed E-state index contributed by atoms with van der Waals surface area (Å²) in [6.45, 7) is 0. The van der Waals surface area contributed by atoms with Crippen molar-refractivity contribution in [1.29, 1.82) is 0 Å². The summed E-state index contributed by atoms with van der Waals surface area (Å²) in [5.41, 5.74) is 17.0. The molecule has 8 heteroatoms. The maximum atomic E-state index is 5.78. The van der Waals surface area contributed by atoms with Gasteiger partial charge in [0, 0.05) is 18.1 Å². The SMILES string of the molecule is Nc1cc(N)nc(Sc2cc(N)nc(C3CC3)n2)n1. The molecule has 7 nitrogen and oxygen atoms in total. The summed E-state index contributed by atoms with van der Waals surface area (Å²) in [6.07, 6.45) is 2.24. The van der Waals surface area contributed by atoms with Crippen LogP contribution in [0.4, 0.5) is 17.5 Å². The maximum absolute atomic E-state index is 5.78. The zero-order valence-electron chi connectivity index (χ0n) is 10.1. The van der Waals surface area contributed by atoms with Crippen LogP contribution < -0.4 is 17.2 Å². The van der Waals surface area contributed by atoms with Gasteiger partial charge in [0.15, 0.2) is 5.16 Å². The third-order valence-corrected chi connectivity index (χ3v) is 3.41. The first-order valence-electron chi connectivity index (χ1n) is 5.82. The van der Waals surface area contributed by atoms with E-state index in [-0.39, 0.29) is 0 Å². The maximum Gasteiger partial charge on any atom is 0.197 e. The van der Waals surface area contributed by atoms with E-state index in [9.17, 15) is 0 Å². The normalized spacial score (nSPS) is 14.5. The highest BCUT2D eigenvalue weighted by atomic mass is 32.2. The van der Waals surface area contributed by atoms with Gasteiger partial charge < -0.3 is 17.2 Å². The van der Waals surface area contributed by atoms with Gasteiger partial charge in [0.1, 0.15) is 28.3 Å². The van der Waals surface area contributed by atoms with Crippen molar-refractivity contribution < 1.29 is 0 Å². The van der Waals surface area contributed by atoms with Gasteiger partial charge in [-0.15, -0.1) is 0 Å². The first-order valence-corrected chi connectivity index (χ1v) is 6.64. The van der Waals surface area contributed by atoms with Crippen molar-refractivity contribution in [2.24, 2.45) is 0 Å². The fourth-order valence-corrected chi connectivity index (χ4v) is 2.45. The molecular formula is C11H13N7S. The number of hydrogen-bond donors (Lipinski definition) is 3. The van der Waals surface area contributed by atoms with E-state index in [1.165, 1.54) is 17.8 Å². The van der Waals surface area contributed by atoms with Gasteiger partial charge in [-0.25, -0.2) is 19.9 Å². The fourth-order valence-electron chi connectivity index (χ4n) is 1.64. The number of rotatable bonds is 3. The smallest absolute Gasteiger partial charge is 0.197 e. The van der Waals surface area contributed by atoms with Crippen molar-refractivity contribution in [3.8, 4) is 0 Å². The minimum atomic E-state index is 0.333. The van der Waals surface area contributed by atoms with Gasteiger partial charge in [-0.05, 0) is 24.6 Å². The lowest BCUT2D eigenvalue weighted by atomic mass is 10.4. The Balaban J connectivity index is 1.89. The van der Waals surface area contributed by atoms with E-state index in [2.05, 4.69) is 19.9 Å². The molecule has 0 unspecified atom stereocenters. The molecule has 0 atom stereocenters. The number of hydrogen-bond acceptors (Lipinski definition) is 8. The van der Waals surface area contributed by atoms with Crippen LogP contribution in [0.3, 0.4) is 0 Å². The van der Waals surface area contributed by atoms with Crippen LogP contribution >= 0.6 is 11.8 Å². The zero-order chi connectivity index (χ0) is 13.4. The van der Waals surface area contributed by atoms with Gasteiger partial charge in [0.25, 0.3) is 0 Å². The van der Waals surface area contributed by atoms with Crippen molar-refractivity contribution in [1.82, 2.24) is 19.9 Å². The van der Waals surface area contributed by atoms with E-state index in [4.69, 9.17) is 17.2 Å². The van der Waals surface area contributed by atoms with Gasteiger partial charge in [0.05, 0.1) is 0 Å². The van der Waals surface area contributed by atoms with E-state index < -0.39 is 0 Å². The van der Waals surface area contributed by atoms with E-state index >= 15 is 0 Å². The number of nitrogen functional groups attached to an aromatic ring is 3. The highest BCUT2D eigenvalue weighted by molar-refractivity contribution is 7.99. The lowest BCUT2D eigenvalue weighted by Crippen LogP contribution is -2.01. The monoisotopic (exact) mass is 275 g/mol. The summed E-state index contributed by atoms with van der Waals surface area (Å²) in [6, 6.07) is 3.20. The average molecular weight is 275 g/mol. The van der Waals surface area contributed by atoms with Crippen LogP contribution in [0.25, 0.3) is 0 Å². The Bertz CT molecular complexity index is 606. The van der Waals surface area contributed by atoms with E-state index in [1.807, 2.05) is 0 Å². The Kier molecular flexibility index (Phi) is 2.86. The van der Waals surface area contributed by atoms with E-state index in [0.29, 0.717) is 33.6 Å². The van der Waals surface area contributed by atoms with Crippen molar-refractivity contribution in [3.63, 3.8) is 0 Å². The lowest BCUT2D eigenvalue weighted by molar-refractivity contribution is 0.879. The summed E-state index contributed by atoms with van der Waals surface area (Å²) in [5.74, 6) is 2.35. The molecule has 98 valence electrons.